The van der Waals surface area contributed by atoms with Gasteiger partial charge in [-0.15, -0.1) is 0 Å². The van der Waals surface area contributed by atoms with E-state index < -0.39 is 11.9 Å². The molecule has 0 radical (unpaired) electrons. The molecule has 152 valence electrons. The third-order valence-corrected chi connectivity index (χ3v) is 5.20. The highest BCUT2D eigenvalue weighted by Crippen LogP contribution is 2.24. The zero-order chi connectivity index (χ0) is 21.4. The Morgan fingerprint density at radius 1 is 1.10 bits per heavy atom. The first-order valence-electron chi connectivity index (χ1n) is 9.44. The SMILES string of the molecule is Cc1nn(Cc2cccc3ccccc23)c(C)c1NC(=O)c1c(C(=O)O)cnn1C. The second kappa shape index (κ2) is 7.47. The zero-order valence-corrected chi connectivity index (χ0v) is 16.9. The first-order chi connectivity index (χ1) is 14.4. The molecule has 2 aromatic carbocycles. The summed E-state index contributed by atoms with van der Waals surface area (Å²) in [6.45, 7) is 4.24. The van der Waals surface area contributed by atoms with Crippen LogP contribution in [0.2, 0.25) is 0 Å². The number of benzene rings is 2. The second-order valence-corrected chi connectivity index (χ2v) is 7.13. The van der Waals surface area contributed by atoms with Gasteiger partial charge in [0, 0.05) is 7.05 Å². The quantitative estimate of drug-likeness (QED) is 0.532. The fraction of sp³-hybridized carbons (Fsp3) is 0.182. The van der Waals surface area contributed by atoms with Crippen LogP contribution in [0.3, 0.4) is 0 Å². The standard InChI is InChI=1S/C22H21N5O3/c1-13-19(24-21(28)20-18(22(29)30)11-23-26(20)3)14(2)27(25-13)12-16-9-6-8-15-7-4-5-10-17(15)16/h4-11H,12H2,1-3H3,(H,24,28)(H,29,30). The highest BCUT2D eigenvalue weighted by atomic mass is 16.4. The molecule has 0 aliphatic heterocycles. The molecular weight excluding hydrogens is 382 g/mol. The Hall–Kier alpha value is -3.94. The van der Waals surface area contributed by atoms with Crippen molar-refractivity contribution >= 4 is 28.3 Å². The van der Waals surface area contributed by atoms with Crippen LogP contribution < -0.4 is 5.32 Å². The van der Waals surface area contributed by atoms with Crippen LogP contribution in [0.15, 0.2) is 48.7 Å². The average molecular weight is 403 g/mol. The van der Waals surface area contributed by atoms with Crippen LogP contribution in [0.4, 0.5) is 5.69 Å². The van der Waals surface area contributed by atoms with Crippen molar-refractivity contribution in [3.8, 4) is 0 Å². The Kier molecular flexibility index (Phi) is 4.83. The number of carbonyl (C=O) groups excluding carboxylic acids is 1. The molecular formula is C22H21N5O3. The molecule has 0 aliphatic carbocycles. The van der Waals surface area contributed by atoms with Crippen LogP contribution in [0.1, 0.15) is 37.8 Å². The van der Waals surface area contributed by atoms with Crippen molar-refractivity contribution < 1.29 is 14.7 Å². The predicted molar refractivity (Wildman–Crippen MR) is 113 cm³/mol. The summed E-state index contributed by atoms with van der Waals surface area (Å²) in [5.74, 6) is -1.74. The van der Waals surface area contributed by atoms with E-state index in [1.807, 2.05) is 36.7 Å². The Bertz CT molecular complexity index is 1280. The summed E-state index contributed by atoms with van der Waals surface area (Å²) in [7, 11) is 1.53. The minimum absolute atomic E-state index is 0.0110. The first kappa shape index (κ1) is 19.4. The van der Waals surface area contributed by atoms with E-state index in [1.54, 1.807) is 0 Å². The van der Waals surface area contributed by atoms with E-state index in [9.17, 15) is 14.7 Å². The Morgan fingerprint density at radius 2 is 1.83 bits per heavy atom. The second-order valence-electron chi connectivity index (χ2n) is 7.13. The normalized spacial score (nSPS) is 11.0. The van der Waals surface area contributed by atoms with Crippen LogP contribution in [-0.2, 0) is 13.6 Å². The van der Waals surface area contributed by atoms with Crippen molar-refractivity contribution in [1.29, 1.82) is 0 Å². The molecule has 0 aliphatic rings. The smallest absolute Gasteiger partial charge is 0.339 e. The number of carboxylic acids is 1. The number of hydrogen-bond donors (Lipinski definition) is 2. The van der Waals surface area contributed by atoms with Crippen molar-refractivity contribution in [1.82, 2.24) is 19.6 Å². The largest absolute Gasteiger partial charge is 0.478 e. The molecule has 8 nitrogen and oxygen atoms in total. The maximum atomic E-state index is 12.8. The van der Waals surface area contributed by atoms with E-state index >= 15 is 0 Å². The topological polar surface area (TPSA) is 102 Å². The number of carboxylic acid groups (broad SMARTS) is 1. The third kappa shape index (κ3) is 3.32. The Labute approximate surface area is 172 Å². The molecule has 0 spiro atoms. The summed E-state index contributed by atoms with van der Waals surface area (Å²) in [6.07, 6.45) is 1.17. The number of nitrogens with one attached hydrogen (secondary N) is 1. The van der Waals surface area contributed by atoms with Crippen LogP contribution in [0.5, 0.6) is 0 Å². The van der Waals surface area contributed by atoms with Crippen molar-refractivity contribution in [3.63, 3.8) is 0 Å². The van der Waals surface area contributed by atoms with Gasteiger partial charge >= 0.3 is 5.97 Å². The molecule has 4 aromatic rings. The van der Waals surface area contributed by atoms with Gasteiger partial charge in [0.15, 0.2) is 0 Å². The van der Waals surface area contributed by atoms with E-state index in [4.69, 9.17) is 0 Å². The van der Waals surface area contributed by atoms with E-state index in [0.717, 1.165) is 22.0 Å². The summed E-state index contributed by atoms with van der Waals surface area (Å²) in [5.41, 5.74) is 2.97. The molecule has 0 saturated carbocycles. The number of fused-ring (bicyclic) bond motifs is 1. The van der Waals surface area contributed by atoms with Gasteiger partial charge in [-0.1, -0.05) is 42.5 Å². The van der Waals surface area contributed by atoms with Crippen molar-refractivity contribution in [2.75, 3.05) is 5.32 Å². The first-order valence-corrected chi connectivity index (χ1v) is 9.44. The van der Waals surface area contributed by atoms with Crippen LogP contribution in [0, 0.1) is 13.8 Å². The lowest BCUT2D eigenvalue weighted by atomic mass is 10.0. The van der Waals surface area contributed by atoms with E-state index in [2.05, 4.69) is 39.8 Å². The van der Waals surface area contributed by atoms with E-state index in [-0.39, 0.29) is 11.3 Å². The summed E-state index contributed by atoms with van der Waals surface area (Å²) in [4.78, 5) is 24.2. The number of hydrogen-bond acceptors (Lipinski definition) is 4. The maximum absolute atomic E-state index is 12.8. The lowest BCUT2D eigenvalue weighted by Crippen LogP contribution is -2.20. The molecule has 8 heteroatoms. The summed E-state index contributed by atoms with van der Waals surface area (Å²) in [6, 6.07) is 14.3. The lowest BCUT2D eigenvalue weighted by Gasteiger charge is -2.10. The van der Waals surface area contributed by atoms with Crippen LogP contribution >= 0.6 is 0 Å². The number of aryl methyl sites for hydroxylation is 2. The minimum atomic E-state index is -1.20. The summed E-state index contributed by atoms with van der Waals surface area (Å²) in [5, 5.41) is 22.9. The Morgan fingerprint density at radius 3 is 2.60 bits per heavy atom. The molecule has 4 rings (SSSR count). The average Bonchev–Trinajstić information content (AvgIpc) is 3.23. The van der Waals surface area contributed by atoms with Crippen molar-refractivity contribution in [2.24, 2.45) is 7.05 Å². The van der Waals surface area contributed by atoms with Crippen LogP contribution in [-0.4, -0.2) is 36.5 Å². The van der Waals surface area contributed by atoms with Gasteiger partial charge in [-0.25, -0.2) is 4.79 Å². The molecule has 0 unspecified atom stereocenters. The molecule has 0 saturated heterocycles. The number of aromatic carboxylic acids is 1. The molecule has 0 bridgehead atoms. The molecule has 30 heavy (non-hydrogen) atoms. The Balaban J connectivity index is 1.65. The van der Waals surface area contributed by atoms with Gasteiger partial charge < -0.3 is 10.4 Å². The summed E-state index contributed by atoms with van der Waals surface area (Å²) >= 11 is 0. The fourth-order valence-electron chi connectivity index (χ4n) is 3.66. The van der Waals surface area contributed by atoms with Gasteiger partial charge in [-0.05, 0) is 30.2 Å². The molecule has 2 aromatic heterocycles. The van der Waals surface area contributed by atoms with Gasteiger partial charge in [0.1, 0.15) is 11.3 Å². The third-order valence-electron chi connectivity index (χ3n) is 5.20. The fourth-order valence-corrected chi connectivity index (χ4v) is 3.66. The van der Waals surface area contributed by atoms with Crippen molar-refractivity contribution in [3.05, 3.63) is 76.9 Å². The van der Waals surface area contributed by atoms with E-state index in [0.29, 0.717) is 17.9 Å². The number of amides is 1. The monoisotopic (exact) mass is 403 g/mol. The number of nitrogens with zero attached hydrogens (tertiary/aromatic N) is 4. The molecule has 0 fully saturated rings. The number of rotatable bonds is 5. The highest BCUT2D eigenvalue weighted by Gasteiger charge is 2.24. The van der Waals surface area contributed by atoms with Gasteiger partial charge in [-0.2, -0.15) is 10.2 Å². The van der Waals surface area contributed by atoms with Crippen molar-refractivity contribution in [2.45, 2.75) is 20.4 Å². The number of aromatic nitrogens is 4. The van der Waals surface area contributed by atoms with Gasteiger partial charge in [0.25, 0.3) is 5.91 Å². The zero-order valence-electron chi connectivity index (χ0n) is 16.9. The molecule has 1 amide bonds. The van der Waals surface area contributed by atoms with Crippen LogP contribution in [0.25, 0.3) is 10.8 Å². The number of carbonyl (C=O) groups is 2. The molecule has 0 atom stereocenters. The van der Waals surface area contributed by atoms with Gasteiger partial charge in [0.2, 0.25) is 0 Å². The predicted octanol–water partition coefficient (Wildman–Crippen LogP) is 3.39. The lowest BCUT2D eigenvalue weighted by molar-refractivity contribution is 0.0692. The molecule has 2 heterocycles. The highest BCUT2D eigenvalue weighted by molar-refractivity contribution is 6.09. The summed E-state index contributed by atoms with van der Waals surface area (Å²) < 4.78 is 3.10. The maximum Gasteiger partial charge on any atom is 0.339 e. The van der Waals surface area contributed by atoms with E-state index in [1.165, 1.54) is 17.9 Å². The van der Waals surface area contributed by atoms with Gasteiger partial charge in [-0.3, -0.25) is 14.2 Å². The molecule has 2 N–H and O–H groups in total. The number of anilines is 1. The van der Waals surface area contributed by atoms with Gasteiger partial charge in [0.05, 0.1) is 29.8 Å². The minimum Gasteiger partial charge on any atom is -0.478 e.